The van der Waals surface area contributed by atoms with Crippen molar-refractivity contribution in [3.63, 3.8) is 0 Å². The summed E-state index contributed by atoms with van der Waals surface area (Å²) in [7, 11) is 0. The molecule has 0 saturated carbocycles. The van der Waals surface area contributed by atoms with Crippen molar-refractivity contribution < 1.29 is 0 Å². The maximum absolute atomic E-state index is 5.14. The van der Waals surface area contributed by atoms with E-state index in [1.54, 1.807) is 0 Å². The minimum absolute atomic E-state index is 0.176. The molecule has 8 aromatic rings. The molecule has 2 nitrogen and oxygen atoms in total. The average molecular weight is 627 g/mol. The third-order valence-electron chi connectivity index (χ3n) is 10.0. The summed E-state index contributed by atoms with van der Waals surface area (Å²) >= 11 is 0. The van der Waals surface area contributed by atoms with Crippen LogP contribution in [0.5, 0.6) is 0 Å². The molecule has 2 unspecified atom stereocenters. The molecule has 0 fully saturated rings. The van der Waals surface area contributed by atoms with E-state index in [9.17, 15) is 0 Å². The van der Waals surface area contributed by atoms with E-state index >= 15 is 0 Å². The van der Waals surface area contributed by atoms with E-state index in [0.29, 0.717) is 5.92 Å². The molecule has 7 aromatic carbocycles. The van der Waals surface area contributed by atoms with Gasteiger partial charge in [0.25, 0.3) is 0 Å². The Hall–Kier alpha value is -6.12. The van der Waals surface area contributed by atoms with E-state index in [0.717, 1.165) is 33.9 Å². The summed E-state index contributed by atoms with van der Waals surface area (Å²) in [6.45, 7) is 2.32. The summed E-state index contributed by atoms with van der Waals surface area (Å²) in [4.78, 5) is 10.2. The topological polar surface area (TPSA) is 25.8 Å². The number of hydrogen-bond acceptors (Lipinski definition) is 2. The van der Waals surface area contributed by atoms with Crippen LogP contribution in [0.3, 0.4) is 0 Å². The molecule has 2 atom stereocenters. The highest BCUT2D eigenvalue weighted by Gasteiger charge is 2.24. The zero-order valence-electron chi connectivity index (χ0n) is 27.3. The van der Waals surface area contributed by atoms with E-state index in [1.807, 2.05) is 24.3 Å². The second kappa shape index (κ2) is 12.2. The molecule has 1 aliphatic carbocycles. The normalized spacial score (nSPS) is 15.9. The van der Waals surface area contributed by atoms with Crippen LogP contribution >= 0.6 is 0 Å². The molecule has 0 radical (unpaired) electrons. The van der Waals surface area contributed by atoms with Crippen LogP contribution in [0.1, 0.15) is 24.1 Å². The van der Waals surface area contributed by atoms with Gasteiger partial charge in [0.2, 0.25) is 0 Å². The number of fused-ring (bicyclic) bond motifs is 6. The fourth-order valence-corrected chi connectivity index (χ4v) is 7.51. The first kappa shape index (κ1) is 29.1. The van der Waals surface area contributed by atoms with Crippen molar-refractivity contribution in [1.29, 1.82) is 0 Å². The van der Waals surface area contributed by atoms with Crippen molar-refractivity contribution in [2.24, 2.45) is 5.92 Å². The predicted molar refractivity (Wildman–Crippen MR) is 206 cm³/mol. The monoisotopic (exact) mass is 626 g/mol. The molecule has 1 aliphatic rings. The van der Waals surface area contributed by atoms with E-state index in [2.05, 4.69) is 159 Å². The van der Waals surface area contributed by atoms with Gasteiger partial charge in [0.1, 0.15) is 0 Å². The Kier molecular flexibility index (Phi) is 7.21. The number of hydrogen-bond donors (Lipinski definition) is 0. The largest absolute Gasteiger partial charge is 0.228 e. The molecule has 232 valence electrons. The lowest BCUT2D eigenvalue weighted by atomic mass is 9.78. The molecule has 1 aromatic heterocycles. The van der Waals surface area contributed by atoms with Crippen LogP contribution in [-0.4, -0.2) is 9.97 Å². The fraction of sp³-hybridized carbons (Fsp3) is 0.0638. The Bertz CT molecular complexity index is 2470. The number of nitrogens with zero attached hydrogens (tertiary/aromatic N) is 2. The molecule has 2 heteroatoms. The first-order valence-corrected chi connectivity index (χ1v) is 17.0. The van der Waals surface area contributed by atoms with Gasteiger partial charge in [0, 0.05) is 17.0 Å². The molecule has 0 saturated heterocycles. The molecule has 0 bridgehead atoms. The molecule has 0 spiro atoms. The second-order valence-electron chi connectivity index (χ2n) is 13.0. The van der Waals surface area contributed by atoms with Gasteiger partial charge in [-0.2, -0.15) is 0 Å². The Balaban J connectivity index is 1.18. The Morgan fingerprint density at radius 2 is 1.00 bits per heavy atom. The summed E-state index contributed by atoms with van der Waals surface area (Å²) in [5.41, 5.74) is 8.88. The van der Waals surface area contributed by atoms with Gasteiger partial charge in [-0.1, -0.05) is 171 Å². The summed E-state index contributed by atoms with van der Waals surface area (Å²) in [6.07, 6.45) is 6.99. The van der Waals surface area contributed by atoms with Gasteiger partial charge >= 0.3 is 0 Å². The van der Waals surface area contributed by atoms with Gasteiger partial charge in [0.05, 0.1) is 11.4 Å². The van der Waals surface area contributed by atoms with Crippen molar-refractivity contribution in [2.75, 3.05) is 0 Å². The van der Waals surface area contributed by atoms with Gasteiger partial charge in [0.15, 0.2) is 5.82 Å². The van der Waals surface area contributed by atoms with Crippen LogP contribution < -0.4 is 0 Å². The number of rotatable bonds is 5. The van der Waals surface area contributed by atoms with Crippen LogP contribution in [-0.2, 0) is 0 Å². The first-order valence-electron chi connectivity index (χ1n) is 17.0. The van der Waals surface area contributed by atoms with E-state index < -0.39 is 0 Å². The number of aromatic nitrogens is 2. The summed E-state index contributed by atoms with van der Waals surface area (Å²) in [5.74, 6) is 1.23. The zero-order valence-corrected chi connectivity index (χ0v) is 27.3. The molecule has 0 aliphatic heterocycles. The third-order valence-corrected chi connectivity index (χ3v) is 10.0. The lowest BCUT2D eigenvalue weighted by molar-refractivity contribution is 0.638. The lowest BCUT2D eigenvalue weighted by Gasteiger charge is -2.26. The number of allylic oxidation sites excluding steroid dienone is 4. The Morgan fingerprint density at radius 3 is 1.69 bits per heavy atom. The number of benzene rings is 7. The van der Waals surface area contributed by atoms with Gasteiger partial charge in [-0.3, -0.25) is 0 Å². The quantitative estimate of drug-likeness (QED) is 0.178. The van der Waals surface area contributed by atoms with Crippen LogP contribution in [0.25, 0.3) is 71.7 Å². The van der Waals surface area contributed by atoms with Crippen LogP contribution in [0.2, 0.25) is 0 Å². The van der Waals surface area contributed by atoms with Crippen LogP contribution in [0.15, 0.2) is 176 Å². The lowest BCUT2D eigenvalue weighted by Crippen LogP contribution is -2.11. The van der Waals surface area contributed by atoms with Crippen molar-refractivity contribution in [1.82, 2.24) is 9.97 Å². The molecule has 49 heavy (non-hydrogen) atoms. The van der Waals surface area contributed by atoms with Crippen molar-refractivity contribution in [3.05, 3.63) is 187 Å². The maximum atomic E-state index is 5.14. The van der Waals surface area contributed by atoms with Crippen molar-refractivity contribution >= 4 is 37.9 Å². The molecular formula is C47H34N2. The standard InChI is InChI=1S/C47H34N2/c1-31-24-25-35(46-30-45(32-14-4-2-5-15-32)48-47(49-46)33-16-6-3-7-17-33)29-43(31)37-19-9-8-18-36(37)34-26-27-42-40-22-11-10-20-38(40)39-21-12-13-23-41(39)44(42)28-34/h2-31,43H,1H3. The summed E-state index contributed by atoms with van der Waals surface area (Å²) in [5, 5.41) is 7.76. The minimum Gasteiger partial charge on any atom is -0.228 e. The van der Waals surface area contributed by atoms with Crippen LogP contribution in [0, 0.1) is 5.92 Å². The highest BCUT2D eigenvalue weighted by atomic mass is 14.9. The Labute approximate surface area is 286 Å². The third kappa shape index (κ3) is 5.23. The zero-order chi connectivity index (χ0) is 32.7. The molecule has 0 amide bonds. The van der Waals surface area contributed by atoms with Gasteiger partial charge in [-0.15, -0.1) is 0 Å². The van der Waals surface area contributed by atoms with Crippen molar-refractivity contribution in [2.45, 2.75) is 12.8 Å². The van der Waals surface area contributed by atoms with Gasteiger partial charge in [-0.25, -0.2) is 9.97 Å². The predicted octanol–water partition coefficient (Wildman–Crippen LogP) is 12.3. The maximum Gasteiger partial charge on any atom is 0.160 e. The Morgan fingerprint density at radius 1 is 0.449 bits per heavy atom. The average Bonchev–Trinajstić information content (AvgIpc) is 3.18. The second-order valence-corrected chi connectivity index (χ2v) is 13.0. The molecule has 0 N–H and O–H groups in total. The van der Waals surface area contributed by atoms with Gasteiger partial charge < -0.3 is 0 Å². The van der Waals surface area contributed by atoms with E-state index in [-0.39, 0.29) is 5.92 Å². The van der Waals surface area contributed by atoms with Crippen molar-refractivity contribution in [3.8, 4) is 33.8 Å². The fourth-order valence-electron chi connectivity index (χ4n) is 7.51. The summed E-state index contributed by atoms with van der Waals surface area (Å²) in [6, 6.07) is 56.3. The summed E-state index contributed by atoms with van der Waals surface area (Å²) < 4.78 is 0. The molecular weight excluding hydrogens is 593 g/mol. The molecule has 1 heterocycles. The smallest absolute Gasteiger partial charge is 0.160 e. The van der Waals surface area contributed by atoms with E-state index in [1.165, 1.54) is 49.0 Å². The highest BCUT2D eigenvalue weighted by Crippen LogP contribution is 2.42. The highest BCUT2D eigenvalue weighted by molar-refractivity contribution is 6.25. The van der Waals surface area contributed by atoms with Crippen LogP contribution in [0.4, 0.5) is 0 Å². The minimum atomic E-state index is 0.176. The van der Waals surface area contributed by atoms with E-state index in [4.69, 9.17) is 9.97 Å². The van der Waals surface area contributed by atoms with Gasteiger partial charge in [-0.05, 0) is 72.6 Å². The molecule has 9 rings (SSSR count). The first-order chi connectivity index (χ1) is 24.2. The SMILES string of the molecule is CC1C=CC(c2cc(-c3ccccc3)nc(-c3ccccc3)n2)=CC1c1ccccc1-c1ccc2c3ccccc3c3ccccc3c2c1.